The van der Waals surface area contributed by atoms with Crippen molar-refractivity contribution in [3.63, 3.8) is 0 Å². The maximum atomic E-state index is 13.7. The van der Waals surface area contributed by atoms with E-state index >= 15 is 0 Å². The van der Waals surface area contributed by atoms with Crippen LogP contribution in [0.2, 0.25) is 0 Å². The number of rotatable bonds is 6. The normalized spacial score (nSPS) is 16.7. The van der Waals surface area contributed by atoms with Gasteiger partial charge in [0.05, 0.1) is 41.2 Å². The summed E-state index contributed by atoms with van der Waals surface area (Å²) in [7, 11) is 1.40. The zero-order chi connectivity index (χ0) is 29.0. The highest BCUT2D eigenvalue weighted by Gasteiger charge is 2.49. The highest BCUT2D eigenvalue weighted by molar-refractivity contribution is 7.22. The summed E-state index contributed by atoms with van der Waals surface area (Å²) < 4.78 is 13.5. The number of Topliss-reactive ketones (excluding diaryl/α,β-unsaturated/α-hetero) is 1. The molecule has 1 aliphatic rings. The van der Waals surface area contributed by atoms with Gasteiger partial charge in [-0.1, -0.05) is 23.5 Å². The highest BCUT2D eigenvalue weighted by Crippen LogP contribution is 2.46. The monoisotopic (exact) mass is 570 g/mol. The number of ether oxygens (including phenoxy) is 2. The van der Waals surface area contributed by atoms with Crippen LogP contribution in [0.15, 0.2) is 60.3 Å². The molecule has 208 valence electrons. The molecule has 1 aliphatic heterocycles. The zero-order valence-corrected chi connectivity index (χ0v) is 23.5. The van der Waals surface area contributed by atoms with Crippen LogP contribution in [0.25, 0.3) is 21.6 Å². The molecule has 1 atom stereocenters. The highest BCUT2D eigenvalue weighted by atomic mass is 32.1. The molecule has 5 aromatic rings. The number of phenols is 1. The number of fused-ring (bicyclic) bond motifs is 2. The van der Waals surface area contributed by atoms with Crippen molar-refractivity contribution in [2.24, 2.45) is 0 Å². The average Bonchev–Trinajstić information content (AvgIpc) is 3.61. The number of carbonyl (C=O) groups is 2. The van der Waals surface area contributed by atoms with Gasteiger partial charge in [0, 0.05) is 6.20 Å². The van der Waals surface area contributed by atoms with Gasteiger partial charge in [-0.15, -0.1) is 0 Å². The van der Waals surface area contributed by atoms with Crippen molar-refractivity contribution < 1.29 is 29.3 Å². The molecule has 1 amide bonds. The smallest absolute Gasteiger partial charge is 0.301 e. The second-order valence-electron chi connectivity index (χ2n) is 9.59. The van der Waals surface area contributed by atoms with Crippen LogP contribution in [-0.4, -0.2) is 50.0 Å². The summed E-state index contributed by atoms with van der Waals surface area (Å²) in [5.41, 5.74) is 3.24. The van der Waals surface area contributed by atoms with E-state index in [1.54, 1.807) is 25.1 Å². The number of amides is 1. The Balaban J connectivity index is 1.58. The molecule has 6 rings (SSSR count). The number of imidazole rings is 1. The van der Waals surface area contributed by atoms with Gasteiger partial charge in [0.15, 0.2) is 22.4 Å². The second-order valence-corrected chi connectivity index (χ2v) is 10.6. The number of benzene rings is 2. The van der Waals surface area contributed by atoms with Crippen molar-refractivity contribution in [2.45, 2.75) is 26.8 Å². The minimum atomic E-state index is -1.07. The number of pyridine rings is 1. The maximum Gasteiger partial charge on any atom is 0.301 e. The van der Waals surface area contributed by atoms with E-state index in [4.69, 9.17) is 9.47 Å². The fourth-order valence-corrected chi connectivity index (χ4v) is 6.16. The van der Waals surface area contributed by atoms with Crippen LogP contribution < -0.4 is 14.4 Å². The van der Waals surface area contributed by atoms with Crippen molar-refractivity contribution in [3.8, 4) is 17.2 Å². The molecule has 3 aromatic heterocycles. The van der Waals surface area contributed by atoms with Crippen molar-refractivity contribution >= 4 is 49.8 Å². The number of phenolic OH excluding ortho intramolecular Hbond substituents is 1. The maximum absolute atomic E-state index is 13.7. The lowest BCUT2D eigenvalue weighted by atomic mass is 9.96. The minimum absolute atomic E-state index is 0.108. The molecule has 10 nitrogen and oxygen atoms in total. The molecule has 0 aliphatic carbocycles. The Hall–Kier alpha value is -4.90. The number of nitrogens with zero attached hydrogens (tertiary/aromatic N) is 4. The SMILES string of the molecule is CCOc1ccc2nc(N3C(=O)C(=O)C(=C(O)c4nc5c(C)cccn5c4C)C3c3ccc(O)c(OC)c3)sc2c1. The fourth-order valence-electron chi connectivity index (χ4n) is 5.14. The van der Waals surface area contributed by atoms with Gasteiger partial charge in [-0.05, 0) is 68.3 Å². The molecule has 1 saturated heterocycles. The van der Waals surface area contributed by atoms with Gasteiger partial charge in [-0.2, -0.15) is 0 Å². The molecule has 4 heterocycles. The number of aliphatic hydroxyl groups is 1. The van der Waals surface area contributed by atoms with E-state index in [0.29, 0.717) is 34.8 Å². The number of hydrogen-bond donors (Lipinski definition) is 2. The van der Waals surface area contributed by atoms with E-state index < -0.39 is 23.5 Å². The molecule has 0 bridgehead atoms. The molecule has 1 fully saturated rings. The minimum Gasteiger partial charge on any atom is -0.505 e. The Morgan fingerprint density at radius 2 is 1.90 bits per heavy atom. The van der Waals surface area contributed by atoms with Gasteiger partial charge in [-0.3, -0.25) is 14.5 Å². The van der Waals surface area contributed by atoms with Crippen molar-refractivity contribution in [2.75, 3.05) is 18.6 Å². The van der Waals surface area contributed by atoms with Crippen LogP contribution in [0.1, 0.15) is 35.5 Å². The number of aliphatic hydroxyl groups excluding tert-OH is 1. The molecule has 11 heteroatoms. The fraction of sp³-hybridized carbons (Fsp3) is 0.200. The third kappa shape index (κ3) is 4.16. The first-order valence-electron chi connectivity index (χ1n) is 12.9. The van der Waals surface area contributed by atoms with E-state index in [0.717, 1.165) is 10.3 Å². The molecule has 2 aromatic carbocycles. The van der Waals surface area contributed by atoms with E-state index in [1.165, 1.54) is 35.5 Å². The molecule has 2 N–H and O–H groups in total. The number of methoxy groups -OCH3 is 1. The van der Waals surface area contributed by atoms with Gasteiger partial charge in [0.25, 0.3) is 5.78 Å². The molecular weight excluding hydrogens is 544 g/mol. The Morgan fingerprint density at radius 1 is 1.10 bits per heavy atom. The summed E-state index contributed by atoms with van der Waals surface area (Å²) in [6, 6.07) is 12.6. The molecule has 0 radical (unpaired) electrons. The summed E-state index contributed by atoms with van der Waals surface area (Å²) >= 11 is 1.23. The molecule has 0 saturated carbocycles. The third-order valence-electron chi connectivity index (χ3n) is 7.14. The Bertz CT molecular complexity index is 1910. The first-order valence-corrected chi connectivity index (χ1v) is 13.7. The summed E-state index contributed by atoms with van der Waals surface area (Å²) in [5.74, 6) is -1.41. The largest absolute Gasteiger partial charge is 0.505 e. The van der Waals surface area contributed by atoms with E-state index in [-0.39, 0.29) is 27.9 Å². The number of hydrogen-bond acceptors (Lipinski definition) is 9. The lowest BCUT2D eigenvalue weighted by Gasteiger charge is -2.23. The van der Waals surface area contributed by atoms with Crippen LogP contribution in [0.4, 0.5) is 5.13 Å². The number of carbonyl (C=O) groups excluding carboxylic acids is 2. The number of thiazole rings is 1. The van der Waals surface area contributed by atoms with Crippen LogP contribution in [0, 0.1) is 13.8 Å². The van der Waals surface area contributed by atoms with Crippen LogP contribution >= 0.6 is 11.3 Å². The summed E-state index contributed by atoms with van der Waals surface area (Å²) in [4.78, 5) is 37.9. The summed E-state index contributed by atoms with van der Waals surface area (Å²) in [6.07, 6.45) is 1.82. The topological polar surface area (TPSA) is 126 Å². The number of aromatic hydroxyl groups is 1. The number of ketones is 1. The first kappa shape index (κ1) is 26.3. The quantitative estimate of drug-likeness (QED) is 0.160. The van der Waals surface area contributed by atoms with Gasteiger partial charge in [-0.25, -0.2) is 9.97 Å². The predicted octanol–water partition coefficient (Wildman–Crippen LogP) is 5.30. The van der Waals surface area contributed by atoms with Crippen molar-refractivity contribution in [1.29, 1.82) is 0 Å². The van der Waals surface area contributed by atoms with Crippen LogP contribution in [-0.2, 0) is 9.59 Å². The van der Waals surface area contributed by atoms with Gasteiger partial charge < -0.3 is 24.1 Å². The van der Waals surface area contributed by atoms with Crippen LogP contribution in [0.3, 0.4) is 0 Å². The van der Waals surface area contributed by atoms with Crippen molar-refractivity contribution in [1.82, 2.24) is 14.4 Å². The molecule has 1 unspecified atom stereocenters. The Kier molecular flexibility index (Phi) is 6.38. The Labute approximate surface area is 238 Å². The molecule has 0 spiro atoms. The number of anilines is 1. The van der Waals surface area contributed by atoms with Gasteiger partial charge in [0.1, 0.15) is 17.1 Å². The standard InChI is InChI=1S/C30H26N4O6S/c1-5-40-18-9-10-19-22(14-18)41-30(31-19)34-25(17-8-11-20(35)21(13-17)39-4)23(27(37)29(34)38)26(36)24-16(3)33-12-6-7-15(2)28(33)32-24/h6-14,25,35-36H,5H2,1-4H3. The lowest BCUT2D eigenvalue weighted by Crippen LogP contribution is -2.29. The van der Waals surface area contributed by atoms with Gasteiger partial charge >= 0.3 is 5.91 Å². The van der Waals surface area contributed by atoms with E-state index in [2.05, 4.69) is 9.97 Å². The predicted molar refractivity (Wildman–Crippen MR) is 155 cm³/mol. The number of aryl methyl sites for hydroxylation is 2. The number of aromatic nitrogens is 3. The van der Waals surface area contributed by atoms with Crippen LogP contribution in [0.5, 0.6) is 17.2 Å². The summed E-state index contributed by atoms with van der Waals surface area (Å²) in [5, 5.41) is 22.2. The zero-order valence-electron chi connectivity index (χ0n) is 22.7. The van der Waals surface area contributed by atoms with E-state index in [1.807, 2.05) is 42.6 Å². The molecular formula is C30H26N4O6S. The second kappa shape index (κ2) is 9.93. The first-order chi connectivity index (χ1) is 19.7. The lowest BCUT2D eigenvalue weighted by molar-refractivity contribution is -0.132. The third-order valence-corrected chi connectivity index (χ3v) is 8.16. The van der Waals surface area contributed by atoms with Gasteiger partial charge in [0.2, 0.25) is 0 Å². The van der Waals surface area contributed by atoms with Crippen molar-refractivity contribution in [3.05, 3.63) is 82.8 Å². The van der Waals surface area contributed by atoms with E-state index in [9.17, 15) is 19.8 Å². The average molecular weight is 571 g/mol. The Morgan fingerprint density at radius 3 is 2.63 bits per heavy atom. The molecule has 41 heavy (non-hydrogen) atoms. The summed E-state index contributed by atoms with van der Waals surface area (Å²) in [6.45, 7) is 6.07.